The minimum Gasteiger partial charge on any atom is -0.337 e. The van der Waals surface area contributed by atoms with Crippen LogP contribution in [0.2, 0.25) is 0 Å². The van der Waals surface area contributed by atoms with Crippen LogP contribution in [0, 0.1) is 5.92 Å². The van der Waals surface area contributed by atoms with Gasteiger partial charge in [0, 0.05) is 39.1 Å². The normalized spacial score (nSPS) is 24.7. The molecule has 0 aliphatic carbocycles. The number of guanidine groups is 1. The molecule has 0 radical (unpaired) electrons. The van der Waals surface area contributed by atoms with Gasteiger partial charge in [-0.25, -0.2) is 9.78 Å². The van der Waals surface area contributed by atoms with E-state index in [0.717, 1.165) is 13.0 Å². The van der Waals surface area contributed by atoms with Crippen LogP contribution in [-0.4, -0.2) is 69.6 Å². The summed E-state index contributed by atoms with van der Waals surface area (Å²) >= 11 is 0. The molecule has 2 saturated heterocycles. The minimum atomic E-state index is -0.447. The van der Waals surface area contributed by atoms with Crippen molar-refractivity contribution in [2.24, 2.45) is 10.9 Å². The predicted molar refractivity (Wildman–Crippen MR) is 92.7 cm³/mol. The molecule has 2 unspecified atom stereocenters. The zero-order valence-electron chi connectivity index (χ0n) is 14.8. The molecule has 0 aromatic carbocycles. The van der Waals surface area contributed by atoms with E-state index >= 15 is 0 Å². The first-order chi connectivity index (χ1) is 12.0. The minimum absolute atomic E-state index is 0.273. The van der Waals surface area contributed by atoms with Gasteiger partial charge in [0.25, 0.3) is 5.91 Å². The third-order valence-electron chi connectivity index (χ3n) is 4.38. The summed E-state index contributed by atoms with van der Waals surface area (Å²) in [4.78, 5) is 36.4. The van der Waals surface area contributed by atoms with Gasteiger partial charge in [-0.2, -0.15) is 0 Å². The van der Waals surface area contributed by atoms with Gasteiger partial charge < -0.3 is 19.7 Å². The number of urea groups is 1. The maximum absolute atomic E-state index is 12.3. The summed E-state index contributed by atoms with van der Waals surface area (Å²) in [6.07, 6.45) is 5.95. The third-order valence-corrected chi connectivity index (χ3v) is 4.38. The van der Waals surface area contributed by atoms with Gasteiger partial charge in [-0.15, -0.1) is 0 Å². The number of rotatable bonds is 6. The number of imidazole rings is 1. The Labute approximate surface area is 147 Å². The number of amides is 3. The molecule has 1 aromatic rings. The monoisotopic (exact) mass is 347 g/mol. The van der Waals surface area contributed by atoms with Crippen LogP contribution in [0.3, 0.4) is 0 Å². The molecule has 2 aliphatic rings. The Bertz CT molecular complexity index is 655. The van der Waals surface area contributed by atoms with Gasteiger partial charge in [0.2, 0.25) is 0 Å². The van der Waals surface area contributed by atoms with Gasteiger partial charge in [-0.3, -0.25) is 15.1 Å². The van der Waals surface area contributed by atoms with Gasteiger partial charge in [-0.05, 0) is 12.3 Å². The summed E-state index contributed by atoms with van der Waals surface area (Å²) in [6.45, 7) is 6.36. The highest BCUT2D eigenvalue weighted by molar-refractivity contribution is 6.04. The highest BCUT2D eigenvalue weighted by atomic mass is 16.2. The highest BCUT2D eigenvalue weighted by Gasteiger charge is 2.49. The topological polar surface area (TPSA) is 94.9 Å². The smallest absolute Gasteiger partial charge is 0.325 e. The lowest BCUT2D eigenvalue weighted by Gasteiger charge is -2.35. The first kappa shape index (κ1) is 17.2. The first-order valence-corrected chi connectivity index (χ1v) is 8.58. The summed E-state index contributed by atoms with van der Waals surface area (Å²) in [5, 5.41) is 5.66. The molecule has 136 valence electrons. The van der Waals surface area contributed by atoms with Crippen molar-refractivity contribution in [1.82, 2.24) is 30.0 Å². The van der Waals surface area contributed by atoms with E-state index in [1.165, 1.54) is 4.90 Å². The van der Waals surface area contributed by atoms with Crippen molar-refractivity contribution in [1.29, 1.82) is 0 Å². The number of fused-ring (bicyclic) bond motifs is 1. The summed E-state index contributed by atoms with van der Waals surface area (Å²) in [5.41, 5.74) is 0. The zero-order chi connectivity index (χ0) is 18.0. The predicted octanol–water partition coefficient (Wildman–Crippen LogP) is 0.0667. The molecular weight excluding hydrogens is 322 g/mol. The lowest BCUT2D eigenvalue weighted by Crippen LogP contribution is -2.65. The van der Waals surface area contributed by atoms with Crippen molar-refractivity contribution in [2.45, 2.75) is 39.0 Å². The number of hydrogen-bond donors (Lipinski definition) is 2. The van der Waals surface area contributed by atoms with Crippen molar-refractivity contribution in [2.75, 3.05) is 20.1 Å². The number of nitrogens with zero attached hydrogens (tertiary/aromatic N) is 5. The van der Waals surface area contributed by atoms with E-state index in [4.69, 9.17) is 0 Å². The largest absolute Gasteiger partial charge is 0.337 e. The Morgan fingerprint density at radius 2 is 2.16 bits per heavy atom. The van der Waals surface area contributed by atoms with Crippen LogP contribution < -0.4 is 10.6 Å². The third kappa shape index (κ3) is 3.59. The molecule has 25 heavy (non-hydrogen) atoms. The Kier molecular flexibility index (Phi) is 4.91. The molecule has 2 N–H and O–H groups in total. The molecule has 1 aromatic heterocycles. The quantitative estimate of drug-likeness (QED) is 0.710. The van der Waals surface area contributed by atoms with Crippen LogP contribution in [-0.2, 0) is 11.3 Å². The van der Waals surface area contributed by atoms with Crippen LogP contribution in [0.1, 0.15) is 20.3 Å². The molecule has 0 saturated carbocycles. The number of aryl methyl sites for hydroxylation is 1. The van der Waals surface area contributed by atoms with Crippen LogP contribution in [0.4, 0.5) is 4.79 Å². The first-order valence-electron chi connectivity index (χ1n) is 8.58. The lowest BCUT2D eigenvalue weighted by molar-refractivity contribution is -0.127. The van der Waals surface area contributed by atoms with E-state index in [2.05, 4.69) is 34.5 Å². The molecule has 2 aliphatic heterocycles. The van der Waals surface area contributed by atoms with E-state index in [-0.39, 0.29) is 18.1 Å². The van der Waals surface area contributed by atoms with Crippen LogP contribution in [0.5, 0.6) is 0 Å². The Balaban J connectivity index is 1.71. The second-order valence-corrected chi connectivity index (χ2v) is 6.84. The van der Waals surface area contributed by atoms with Gasteiger partial charge in [0.05, 0.1) is 6.33 Å². The molecule has 0 spiro atoms. The number of nitrogens with one attached hydrogen (secondary N) is 2. The number of aliphatic imine (C=N–C) groups is 1. The van der Waals surface area contributed by atoms with Gasteiger partial charge in [0.15, 0.2) is 12.0 Å². The van der Waals surface area contributed by atoms with E-state index < -0.39 is 6.04 Å². The number of aromatic nitrogens is 2. The highest BCUT2D eigenvalue weighted by Crippen LogP contribution is 2.21. The summed E-state index contributed by atoms with van der Waals surface area (Å²) in [5.74, 6) is 0.781. The zero-order valence-corrected chi connectivity index (χ0v) is 14.8. The SMILES string of the molecule is CC(C)CN1C(=NCCCn2ccnc2)NC2C1C(=O)NC(=O)N2C. The molecule has 3 amide bonds. The Hall–Kier alpha value is -2.58. The summed E-state index contributed by atoms with van der Waals surface area (Å²) < 4.78 is 2.01. The van der Waals surface area contributed by atoms with Crippen LogP contribution in [0.15, 0.2) is 23.7 Å². The van der Waals surface area contributed by atoms with Crippen molar-refractivity contribution < 1.29 is 9.59 Å². The maximum atomic E-state index is 12.3. The summed E-state index contributed by atoms with van der Waals surface area (Å²) in [7, 11) is 1.68. The molecule has 2 fully saturated rings. The molecule has 9 nitrogen and oxygen atoms in total. The van der Waals surface area contributed by atoms with Crippen molar-refractivity contribution in [3.63, 3.8) is 0 Å². The number of hydrogen-bond acceptors (Lipinski definition) is 4. The maximum Gasteiger partial charge on any atom is 0.325 e. The second kappa shape index (κ2) is 7.12. The molecule has 2 atom stereocenters. The second-order valence-electron chi connectivity index (χ2n) is 6.84. The number of carbonyl (C=O) groups is 2. The van der Waals surface area contributed by atoms with Crippen molar-refractivity contribution >= 4 is 17.9 Å². The fourth-order valence-electron chi connectivity index (χ4n) is 3.17. The van der Waals surface area contributed by atoms with Gasteiger partial charge in [-0.1, -0.05) is 13.8 Å². The Morgan fingerprint density at radius 1 is 1.36 bits per heavy atom. The Morgan fingerprint density at radius 3 is 2.84 bits per heavy atom. The lowest BCUT2D eigenvalue weighted by atomic mass is 10.1. The number of carbonyl (C=O) groups excluding carboxylic acids is 2. The van der Waals surface area contributed by atoms with E-state index in [9.17, 15) is 9.59 Å². The summed E-state index contributed by atoms with van der Waals surface area (Å²) in [6, 6.07) is -0.831. The molecule has 3 heterocycles. The van der Waals surface area contributed by atoms with Crippen molar-refractivity contribution in [3.8, 4) is 0 Å². The molecule has 3 rings (SSSR count). The van der Waals surface area contributed by atoms with Crippen molar-refractivity contribution in [3.05, 3.63) is 18.7 Å². The van der Waals surface area contributed by atoms with E-state index in [1.807, 2.05) is 15.7 Å². The van der Waals surface area contributed by atoms with Crippen LogP contribution in [0.25, 0.3) is 0 Å². The molecule has 9 heteroatoms. The van der Waals surface area contributed by atoms with E-state index in [1.54, 1.807) is 19.6 Å². The molecule has 0 bridgehead atoms. The average molecular weight is 347 g/mol. The fourth-order valence-corrected chi connectivity index (χ4v) is 3.17. The average Bonchev–Trinajstić information content (AvgIpc) is 3.17. The number of imide groups is 1. The number of likely N-dealkylation sites (N-methyl/N-ethyl adjacent to an activating group) is 1. The molecular formula is C16H25N7O2. The van der Waals surface area contributed by atoms with Crippen LogP contribution >= 0.6 is 0 Å². The van der Waals surface area contributed by atoms with Gasteiger partial charge >= 0.3 is 6.03 Å². The fraction of sp³-hybridized carbons (Fsp3) is 0.625. The van der Waals surface area contributed by atoms with E-state index in [0.29, 0.717) is 25.0 Å². The van der Waals surface area contributed by atoms with Gasteiger partial charge in [0.1, 0.15) is 6.17 Å². The standard InChI is InChI=1S/C16H25N7O2/c1-11(2)9-23-12-13(21(3)16(25)20-14(12)24)19-15(23)18-5-4-7-22-8-6-17-10-22/h6,8,10-13H,4-5,7,9H2,1-3H3,(H,18,19)(H,20,24,25).